The molecule has 2 N–H and O–H groups in total. The van der Waals surface area contributed by atoms with E-state index in [1.807, 2.05) is 20.6 Å². The van der Waals surface area contributed by atoms with Gasteiger partial charge < -0.3 is 15.0 Å². The van der Waals surface area contributed by atoms with Crippen LogP contribution in [0.2, 0.25) is 0 Å². The molecule has 0 aliphatic heterocycles. The van der Waals surface area contributed by atoms with E-state index in [9.17, 15) is 10.2 Å². The highest BCUT2D eigenvalue weighted by molar-refractivity contribution is 5.44. The van der Waals surface area contributed by atoms with Crippen molar-refractivity contribution in [2.75, 3.05) is 0 Å². The molecule has 0 aromatic heterocycles. The fourth-order valence-corrected chi connectivity index (χ4v) is 1.13. The maximum atomic E-state index is 9.30. The van der Waals surface area contributed by atoms with Crippen LogP contribution in [-0.4, -0.2) is 17.0 Å². The Morgan fingerprint density at radius 2 is 1.54 bits per heavy atom. The quantitative estimate of drug-likeness (QED) is 0.698. The van der Waals surface area contributed by atoms with Crippen LogP contribution in [0.25, 0.3) is 0 Å². The standard InChI is InChI=1S/C9H12O2.CH2O/c1-6(2)9-7(10)4-3-5-8(9)11;1-2/h3-6,10-11H,1-2H3;1H2. The minimum absolute atomic E-state index is 0.149. The number of benzene rings is 1. The fraction of sp³-hybridized carbons (Fsp3) is 0.300. The largest absolute Gasteiger partial charge is 0.508 e. The van der Waals surface area contributed by atoms with Gasteiger partial charge in [0.05, 0.1) is 0 Å². The molecule has 0 amide bonds. The van der Waals surface area contributed by atoms with Crippen LogP contribution < -0.4 is 0 Å². The molecule has 0 bridgehead atoms. The first-order valence-electron chi connectivity index (χ1n) is 3.92. The van der Waals surface area contributed by atoms with Crippen LogP contribution in [0.4, 0.5) is 0 Å². The molecule has 0 aliphatic rings. The van der Waals surface area contributed by atoms with E-state index >= 15 is 0 Å². The van der Waals surface area contributed by atoms with Crippen molar-refractivity contribution in [3.63, 3.8) is 0 Å². The summed E-state index contributed by atoms with van der Waals surface area (Å²) in [4.78, 5) is 8.00. The van der Waals surface area contributed by atoms with E-state index in [0.29, 0.717) is 5.56 Å². The number of rotatable bonds is 1. The van der Waals surface area contributed by atoms with E-state index in [4.69, 9.17) is 4.79 Å². The molecule has 3 nitrogen and oxygen atoms in total. The lowest BCUT2D eigenvalue weighted by Crippen LogP contribution is -1.88. The second kappa shape index (κ2) is 5.19. The molecule has 0 radical (unpaired) electrons. The van der Waals surface area contributed by atoms with Gasteiger partial charge in [-0.2, -0.15) is 0 Å². The second-order valence-electron chi connectivity index (χ2n) is 2.86. The summed E-state index contributed by atoms with van der Waals surface area (Å²) in [6.45, 7) is 5.85. The van der Waals surface area contributed by atoms with E-state index in [-0.39, 0.29) is 17.4 Å². The molecule has 0 unspecified atom stereocenters. The van der Waals surface area contributed by atoms with Gasteiger partial charge in [0.25, 0.3) is 0 Å². The number of hydrogen-bond acceptors (Lipinski definition) is 3. The van der Waals surface area contributed by atoms with Gasteiger partial charge in [-0.15, -0.1) is 0 Å². The molecular formula is C10H14O3. The molecule has 0 fully saturated rings. The molecule has 13 heavy (non-hydrogen) atoms. The van der Waals surface area contributed by atoms with Crippen LogP contribution in [-0.2, 0) is 4.79 Å². The third-order valence-corrected chi connectivity index (χ3v) is 1.64. The van der Waals surface area contributed by atoms with Gasteiger partial charge in [0.2, 0.25) is 0 Å². The van der Waals surface area contributed by atoms with Crippen LogP contribution in [0.15, 0.2) is 18.2 Å². The highest BCUT2D eigenvalue weighted by Gasteiger charge is 2.09. The van der Waals surface area contributed by atoms with Gasteiger partial charge >= 0.3 is 0 Å². The van der Waals surface area contributed by atoms with Crippen molar-refractivity contribution in [2.24, 2.45) is 0 Å². The Hall–Kier alpha value is -1.51. The lowest BCUT2D eigenvalue weighted by molar-refractivity contribution is -0.0979. The Morgan fingerprint density at radius 3 is 1.77 bits per heavy atom. The Morgan fingerprint density at radius 1 is 1.15 bits per heavy atom. The summed E-state index contributed by atoms with van der Waals surface area (Å²) in [7, 11) is 0. The van der Waals surface area contributed by atoms with Gasteiger partial charge in [-0.1, -0.05) is 19.9 Å². The van der Waals surface area contributed by atoms with Crippen molar-refractivity contribution in [1.29, 1.82) is 0 Å². The maximum absolute atomic E-state index is 9.30. The summed E-state index contributed by atoms with van der Waals surface area (Å²) in [6, 6.07) is 4.78. The third-order valence-electron chi connectivity index (χ3n) is 1.64. The van der Waals surface area contributed by atoms with Gasteiger partial charge in [0, 0.05) is 5.56 Å². The second-order valence-corrected chi connectivity index (χ2v) is 2.86. The lowest BCUT2D eigenvalue weighted by atomic mass is 10.0. The van der Waals surface area contributed by atoms with E-state index in [2.05, 4.69) is 0 Å². The van der Waals surface area contributed by atoms with Crippen molar-refractivity contribution in [3.8, 4) is 11.5 Å². The predicted molar refractivity (Wildman–Crippen MR) is 51.0 cm³/mol. The van der Waals surface area contributed by atoms with Crippen molar-refractivity contribution in [1.82, 2.24) is 0 Å². The number of carbonyl (C=O) groups is 1. The normalized spacial score (nSPS) is 9.15. The van der Waals surface area contributed by atoms with E-state index in [1.165, 1.54) is 0 Å². The summed E-state index contributed by atoms with van der Waals surface area (Å²) in [6.07, 6.45) is 0. The number of aromatic hydroxyl groups is 2. The number of carbonyl (C=O) groups excluding carboxylic acids is 1. The highest BCUT2D eigenvalue weighted by atomic mass is 16.3. The Kier molecular flexibility index (Phi) is 4.59. The average molecular weight is 182 g/mol. The van der Waals surface area contributed by atoms with Crippen molar-refractivity contribution in [3.05, 3.63) is 23.8 Å². The molecule has 3 heteroatoms. The summed E-state index contributed by atoms with van der Waals surface area (Å²) < 4.78 is 0. The van der Waals surface area contributed by atoms with Crippen LogP contribution in [0.5, 0.6) is 11.5 Å². The van der Waals surface area contributed by atoms with Crippen molar-refractivity contribution in [2.45, 2.75) is 19.8 Å². The van der Waals surface area contributed by atoms with Crippen LogP contribution in [0, 0.1) is 0 Å². The number of phenols is 2. The number of hydrogen-bond donors (Lipinski definition) is 2. The lowest BCUT2D eigenvalue weighted by Gasteiger charge is -2.09. The molecular weight excluding hydrogens is 168 g/mol. The SMILES string of the molecule is C=O.CC(C)c1c(O)cccc1O. The molecule has 0 spiro atoms. The maximum Gasteiger partial charge on any atom is 0.122 e. The van der Waals surface area contributed by atoms with Crippen molar-refractivity contribution < 1.29 is 15.0 Å². The van der Waals surface area contributed by atoms with Gasteiger partial charge in [-0.05, 0) is 18.1 Å². The molecule has 0 saturated carbocycles. The van der Waals surface area contributed by atoms with Crippen molar-refractivity contribution >= 4 is 6.79 Å². The van der Waals surface area contributed by atoms with Crippen LogP contribution in [0.3, 0.4) is 0 Å². The Labute approximate surface area is 77.6 Å². The number of phenolic OH excluding ortho intramolecular Hbond substituents is 2. The van der Waals surface area contributed by atoms with E-state index < -0.39 is 0 Å². The molecule has 72 valence electrons. The summed E-state index contributed by atoms with van der Waals surface area (Å²) in [5, 5.41) is 18.6. The molecule has 0 heterocycles. The smallest absolute Gasteiger partial charge is 0.122 e. The topological polar surface area (TPSA) is 57.5 Å². The van der Waals surface area contributed by atoms with Gasteiger partial charge in [-0.25, -0.2) is 0 Å². The molecule has 1 rings (SSSR count). The summed E-state index contributed by atoms with van der Waals surface area (Å²) in [5.74, 6) is 0.483. The molecule has 1 aromatic rings. The van der Waals surface area contributed by atoms with E-state index in [1.54, 1.807) is 18.2 Å². The molecule has 0 atom stereocenters. The molecule has 1 aromatic carbocycles. The monoisotopic (exact) mass is 182 g/mol. The van der Waals surface area contributed by atoms with Gasteiger partial charge in [0.15, 0.2) is 0 Å². The zero-order valence-corrected chi connectivity index (χ0v) is 7.82. The van der Waals surface area contributed by atoms with Crippen LogP contribution >= 0.6 is 0 Å². The predicted octanol–water partition coefficient (Wildman–Crippen LogP) is 2.04. The fourth-order valence-electron chi connectivity index (χ4n) is 1.13. The first kappa shape index (κ1) is 11.5. The first-order valence-corrected chi connectivity index (χ1v) is 3.92. The third kappa shape index (κ3) is 2.78. The zero-order valence-electron chi connectivity index (χ0n) is 7.82. The minimum Gasteiger partial charge on any atom is -0.508 e. The minimum atomic E-state index is 0.149. The van der Waals surface area contributed by atoms with E-state index in [0.717, 1.165) is 0 Å². The zero-order chi connectivity index (χ0) is 10.4. The highest BCUT2D eigenvalue weighted by Crippen LogP contribution is 2.32. The summed E-state index contributed by atoms with van der Waals surface area (Å²) in [5.41, 5.74) is 0.618. The Balaban J connectivity index is 0.000000671. The Bertz CT molecular complexity index is 249. The van der Waals surface area contributed by atoms with Gasteiger partial charge in [-0.3, -0.25) is 0 Å². The van der Waals surface area contributed by atoms with Gasteiger partial charge in [0.1, 0.15) is 18.3 Å². The summed E-state index contributed by atoms with van der Waals surface area (Å²) >= 11 is 0. The van der Waals surface area contributed by atoms with Crippen LogP contribution in [0.1, 0.15) is 25.3 Å². The average Bonchev–Trinajstić information content (AvgIpc) is 2.07. The first-order chi connectivity index (χ1) is 6.13. The molecule has 0 aliphatic carbocycles. The molecule has 0 saturated heterocycles.